The molecule has 1 atom stereocenters. The van der Waals surface area contributed by atoms with Crippen molar-refractivity contribution in [2.24, 2.45) is 0 Å². The van der Waals surface area contributed by atoms with Gasteiger partial charge < -0.3 is 10.2 Å². The number of halogens is 2. The zero-order valence-corrected chi connectivity index (χ0v) is 25.3. The molecule has 0 spiro atoms. The van der Waals surface area contributed by atoms with Gasteiger partial charge >= 0.3 is 0 Å². The Hall–Kier alpha value is -3.07. The van der Waals surface area contributed by atoms with Crippen LogP contribution in [-0.2, 0) is 26.0 Å². The summed E-state index contributed by atoms with van der Waals surface area (Å²) < 4.78 is 28.8. The van der Waals surface area contributed by atoms with E-state index in [1.807, 2.05) is 51.1 Å². The van der Waals surface area contributed by atoms with Crippen molar-refractivity contribution in [3.8, 4) is 0 Å². The van der Waals surface area contributed by atoms with Gasteiger partial charge in [-0.3, -0.25) is 13.9 Å². The first-order valence-electron chi connectivity index (χ1n) is 13.2. The minimum atomic E-state index is -4.18. The second kappa shape index (κ2) is 14.5. The Morgan fingerprint density at radius 1 is 0.925 bits per heavy atom. The molecule has 2 amide bonds. The van der Waals surface area contributed by atoms with E-state index in [0.717, 1.165) is 21.9 Å². The van der Waals surface area contributed by atoms with E-state index in [9.17, 15) is 18.0 Å². The number of sulfonamides is 1. The minimum Gasteiger partial charge on any atom is -0.354 e. The number of benzene rings is 3. The van der Waals surface area contributed by atoms with Crippen LogP contribution in [-0.4, -0.2) is 50.8 Å². The molecule has 0 unspecified atom stereocenters. The highest BCUT2D eigenvalue weighted by molar-refractivity contribution is 7.92. The molecule has 7 nitrogen and oxygen atoms in total. The van der Waals surface area contributed by atoms with Gasteiger partial charge in [-0.1, -0.05) is 85.1 Å². The highest BCUT2D eigenvalue weighted by Crippen LogP contribution is 2.31. The molecule has 10 heteroatoms. The summed E-state index contributed by atoms with van der Waals surface area (Å²) >= 11 is 12.4. The maximum absolute atomic E-state index is 14.0. The van der Waals surface area contributed by atoms with Crippen LogP contribution >= 0.6 is 23.2 Å². The predicted octanol–water partition coefficient (Wildman–Crippen LogP) is 5.87. The molecular formula is C30H35Cl2N3O4S. The van der Waals surface area contributed by atoms with Gasteiger partial charge in [0.15, 0.2) is 0 Å². The molecule has 3 rings (SSSR count). The predicted molar refractivity (Wildman–Crippen MR) is 161 cm³/mol. The Kier molecular flexibility index (Phi) is 11.4. The van der Waals surface area contributed by atoms with Crippen LogP contribution < -0.4 is 9.62 Å². The van der Waals surface area contributed by atoms with E-state index in [2.05, 4.69) is 5.32 Å². The maximum atomic E-state index is 14.0. The standard InChI is InChI=1S/C30H35Cl2N3O4S/c1-4-18-33-30(37)28(5-2)34(19-17-23-9-7-6-8-10-23)29(36)21-35(24-13-16-26(31)27(32)20-24)40(38,39)25-14-11-22(3)12-15-25/h6-16,20,28H,4-5,17-19,21H2,1-3H3,(H,33,37)/t28-/m0/s1. The zero-order chi connectivity index (χ0) is 29.3. The maximum Gasteiger partial charge on any atom is 0.264 e. The fourth-order valence-electron chi connectivity index (χ4n) is 4.27. The van der Waals surface area contributed by atoms with Crippen molar-refractivity contribution < 1.29 is 18.0 Å². The lowest BCUT2D eigenvalue weighted by Crippen LogP contribution is -2.53. The van der Waals surface area contributed by atoms with Crippen molar-refractivity contribution in [1.82, 2.24) is 10.2 Å². The molecule has 0 bridgehead atoms. The first-order chi connectivity index (χ1) is 19.1. The SMILES string of the molecule is CCCNC(=O)[C@H](CC)N(CCc1ccccc1)C(=O)CN(c1ccc(Cl)c(Cl)c1)S(=O)(=O)c1ccc(C)cc1. The van der Waals surface area contributed by atoms with Crippen molar-refractivity contribution in [1.29, 1.82) is 0 Å². The molecule has 0 aliphatic rings. The topological polar surface area (TPSA) is 86.8 Å². The van der Waals surface area contributed by atoms with Crippen LogP contribution in [0.3, 0.4) is 0 Å². The van der Waals surface area contributed by atoms with Gasteiger partial charge in [-0.05, 0) is 62.1 Å². The van der Waals surface area contributed by atoms with Gasteiger partial charge in [-0.2, -0.15) is 0 Å². The van der Waals surface area contributed by atoms with E-state index in [1.54, 1.807) is 12.1 Å². The van der Waals surface area contributed by atoms with Crippen molar-refractivity contribution >= 4 is 50.7 Å². The number of hydrogen-bond acceptors (Lipinski definition) is 4. The number of nitrogens with one attached hydrogen (secondary N) is 1. The largest absolute Gasteiger partial charge is 0.354 e. The number of nitrogens with zero attached hydrogens (tertiary/aromatic N) is 2. The minimum absolute atomic E-state index is 0.0283. The molecular weight excluding hydrogens is 569 g/mol. The van der Waals surface area contributed by atoms with E-state index in [4.69, 9.17) is 23.2 Å². The van der Waals surface area contributed by atoms with Gasteiger partial charge in [0.1, 0.15) is 12.6 Å². The average molecular weight is 605 g/mol. The summed E-state index contributed by atoms with van der Waals surface area (Å²) in [4.78, 5) is 28.6. The summed E-state index contributed by atoms with van der Waals surface area (Å²) in [5, 5.41) is 3.29. The van der Waals surface area contributed by atoms with Gasteiger partial charge in [0, 0.05) is 13.1 Å². The van der Waals surface area contributed by atoms with Crippen LogP contribution in [0.4, 0.5) is 5.69 Å². The number of hydrogen-bond donors (Lipinski definition) is 1. The van der Waals surface area contributed by atoms with Crippen LogP contribution in [0.1, 0.15) is 37.8 Å². The van der Waals surface area contributed by atoms with Crippen molar-refractivity contribution in [2.45, 2.75) is 51.0 Å². The van der Waals surface area contributed by atoms with Crippen LogP contribution in [0.2, 0.25) is 10.0 Å². The zero-order valence-electron chi connectivity index (χ0n) is 22.9. The monoisotopic (exact) mass is 603 g/mol. The highest BCUT2D eigenvalue weighted by Gasteiger charge is 2.33. The first-order valence-corrected chi connectivity index (χ1v) is 15.4. The lowest BCUT2D eigenvalue weighted by Gasteiger charge is -2.33. The molecule has 0 radical (unpaired) electrons. The molecule has 0 aliphatic heterocycles. The Bertz CT molecular complexity index is 1400. The first kappa shape index (κ1) is 31.5. The average Bonchev–Trinajstić information content (AvgIpc) is 2.94. The number of amides is 2. The Labute approximate surface area is 247 Å². The molecule has 40 heavy (non-hydrogen) atoms. The Morgan fingerprint density at radius 3 is 2.20 bits per heavy atom. The molecule has 3 aromatic rings. The van der Waals surface area contributed by atoms with Crippen molar-refractivity contribution in [3.05, 3.63) is 94.0 Å². The van der Waals surface area contributed by atoms with Crippen LogP contribution in [0.5, 0.6) is 0 Å². The van der Waals surface area contributed by atoms with Gasteiger partial charge in [-0.15, -0.1) is 0 Å². The number of carbonyl (C=O) groups excluding carboxylic acids is 2. The van der Waals surface area contributed by atoms with E-state index >= 15 is 0 Å². The molecule has 214 valence electrons. The van der Waals surface area contributed by atoms with Crippen LogP contribution in [0, 0.1) is 6.92 Å². The van der Waals surface area contributed by atoms with Gasteiger partial charge in [0.05, 0.1) is 20.6 Å². The number of aryl methyl sites for hydroxylation is 1. The van der Waals surface area contributed by atoms with Gasteiger partial charge in [0.2, 0.25) is 11.8 Å². The van der Waals surface area contributed by atoms with Crippen LogP contribution in [0.15, 0.2) is 77.7 Å². The summed E-state index contributed by atoms with van der Waals surface area (Å²) in [5.41, 5.74) is 2.08. The van der Waals surface area contributed by atoms with E-state index in [0.29, 0.717) is 19.4 Å². The molecule has 0 fully saturated rings. The summed E-state index contributed by atoms with van der Waals surface area (Å²) in [7, 11) is -4.18. The van der Waals surface area contributed by atoms with Crippen LogP contribution in [0.25, 0.3) is 0 Å². The third-order valence-corrected chi connectivity index (χ3v) is 9.03. The highest BCUT2D eigenvalue weighted by atomic mass is 35.5. The smallest absolute Gasteiger partial charge is 0.264 e. The fraction of sp³-hybridized carbons (Fsp3) is 0.333. The molecule has 0 saturated carbocycles. The van der Waals surface area contributed by atoms with Crippen molar-refractivity contribution in [3.63, 3.8) is 0 Å². The Balaban J connectivity index is 2.02. The molecule has 0 saturated heterocycles. The van der Waals surface area contributed by atoms with E-state index in [-0.39, 0.29) is 33.1 Å². The second-order valence-electron chi connectivity index (χ2n) is 9.46. The third kappa shape index (κ3) is 7.99. The second-order valence-corrected chi connectivity index (χ2v) is 12.1. The lowest BCUT2D eigenvalue weighted by atomic mass is 10.1. The number of anilines is 1. The summed E-state index contributed by atoms with van der Waals surface area (Å²) in [6, 6.07) is 19.7. The fourth-order valence-corrected chi connectivity index (χ4v) is 5.97. The van der Waals surface area contributed by atoms with E-state index in [1.165, 1.54) is 35.2 Å². The summed E-state index contributed by atoms with van der Waals surface area (Å²) in [6.07, 6.45) is 1.62. The lowest BCUT2D eigenvalue weighted by molar-refractivity contribution is -0.139. The van der Waals surface area contributed by atoms with Gasteiger partial charge in [0.25, 0.3) is 10.0 Å². The van der Waals surface area contributed by atoms with Gasteiger partial charge in [-0.25, -0.2) is 8.42 Å². The molecule has 0 heterocycles. The van der Waals surface area contributed by atoms with Crippen molar-refractivity contribution in [2.75, 3.05) is 23.9 Å². The molecule has 0 aromatic heterocycles. The van der Waals surface area contributed by atoms with E-state index < -0.39 is 28.5 Å². The molecule has 1 N–H and O–H groups in total. The number of carbonyl (C=O) groups is 2. The quantitative estimate of drug-likeness (QED) is 0.264. The summed E-state index contributed by atoms with van der Waals surface area (Å²) in [5.74, 6) is -0.774. The Morgan fingerprint density at radius 2 is 1.60 bits per heavy atom. The third-order valence-electron chi connectivity index (χ3n) is 6.50. The number of rotatable bonds is 13. The summed E-state index contributed by atoms with van der Waals surface area (Å²) in [6.45, 7) is 5.83. The molecule has 3 aromatic carbocycles. The molecule has 0 aliphatic carbocycles. The normalized spacial score (nSPS) is 12.0.